The molecule has 2 atom stereocenters. The zero-order chi connectivity index (χ0) is 18.1. The Labute approximate surface area is 148 Å². The summed E-state index contributed by atoms with van der Waals surface area (Å²) in [5.74, 6) is -0.105. The summed E-state index contributed by atoms with van der Waals surface area (Å²) in [6.45, 7) is 8.19. The number of aromatic amines is 1. The Kier molecular flexibility index (Phi) is 4.77. The topological polar surface area (TPSA) is 62.4 Å². The van der Waals surface area contributed by atoms with Crippen LogP contribution in [0.15, 0.2) is 30.3 Å². The van der Waals surface area contributed by atoms with Crippen molar-refractivity contribution in [1.29, 1.82) is 0 Å². The number of rotatable bonds is 3. The molecule has 1 aromatic heterocycles. The minimum Gasteiger partial charge on any atom is -0.367 e. The lowest BCUT2D eigenvalue weighted by atomic mass is 10.0. The van der Waals surface area contributed by atoms with Gasteiger partial charge in [-0.3, -0.25) is 9.59 Å². The number of Topliss-reactive ketones (excluding diaryl/α,β-unsaturated/α-hetero) is 1. The molecule has 5 nitrogen and oxygen atoms in total. The maximum absolute atomic E-state index is 13.1. The molecule has 1 aromatic carbocycles. The van der Waals surface area contributed by atoms with Crippen molar-refractivity contribution in [3.8, 4) is 0 Å². The number of aryl methyl sites for hydroxylation is 1. The number of hydrogen-bond donors (Lipinski definition) is 1. The molecule has 2 heterocycles. The van der Waals surface area contributed by atoms with Crippen LogP contribution in [0.25, 0.3) is 0 Å². The van der Waals surface area contributed by atoms with Gasteiger partial charge in [-0.2, -0.15) is 0 Å². The van der Waals surface area contributed by atoms with E-state index in [9.17, 15) is 9.59 Å². The van der Waals surface area contributed by atoms with Crippen LogP contribution in [-0.2, 0) is 4.74 Å². The van der Waals surface area contributed by atoms with E-state index in [1.54, 1.807) is 0 Å². The van der Waals surface area contributed by atoms with Crippen LogP contribution >= 0.6 is 0 Å². The Hall–Kier alpha value is -2.40. The van der Waals surface area contributed by atoms with E-state index in [4.69, 9.17) is 4.74 Å². The molecule has 5 heteroatoms. The molecule has 2 unspecified atom stereocenters. The third kappa shape index (κ3) is 3.37. The van der Waals surface area contributed by atoms with Crippen LogP contribution in [0.4, 0.5) is 0 Å². The number of amides is 1. The van der Waals surface area contributed by atoms with E-state index in [0.29, 0.717) is 24.3 Å². The van der Waals surface area contributed by atoms with Crippen molar-refractivity contribution in [3.05, 3.63) is 58.4 Å². The van der Waals surface area contributed by atoms with E-state index in [-0.39, 0.29) is 23.9 Å². The first-order valence-electron chi connectivity index (χ1n) is 8.58. The van der Waals surface area contributed by atoms with Crippen molar-refractivity contribution >= 4 is 11.7 Å². The van der Waals surface area contributed by atoms with Crippen LogP contribution in [0, 0.1) is 13.8 Å². The maximum atomic E-state index is 13.1. The summed E-state index contributed by atoms with van der Waals surface area (Å²) in [4.78, 5) is 29.8. The highest BCUT2D eigenvalue weighted by Crippen LogP contribution is 2.27. The SMILES string of the molecule is CC(=O)c1c(C)[nH]c(C(=O)N2CC(C)OC(c3ccccc3)C2)c1C. The van der Waals surface area contributed by atoms with Crippen LogP contribution in [0.2, 0.25) is 0 Å². The smallest absolute Gasteiger partial charge is 0.270 e. The summed E-state index contributed by atoms with van der Waals surface area (Å²) in [6, 6.07) is 9.95. The first-order chi connectivity index (χ1) is 11.9. The third-order valence-corrected chi connectivity index (χ3v) is 4.72. The number of carbonyl (C=O) groups excluding carboxylic acids is 2. The predicted molar refractivity (Wildman–Crippen MR) is 95.9 cm³/mol. The summed E-state index contributed by atoms with van der Waals surface area (Å²) < 4.78 is 6.03. The van der Waals surface area contributed by atoms with Gasteiger partial charge in [0.05, 0.1) is 12.6 Å². The number of benzene rings is 1. The van der Waals surface area contributed by atoms with Crippen molar-refractivity contribution < 1.29 is 14.3 Å². The number of carbonyl (C=O) groups is 2. The van der Waals surface area contributed by atoms with Crippen molar-refractivity contribution in [3.63, 3.8) is 0 Å². The molecule has 1 saturated heterocycles. The van der Waals surface area contributed by atoms with Crippen LogP contribution in [0.1, 0.15) is 57.6 Å². The highest BCUT2D eigenvalue weighted by molar-refractivity contribution is 6.02. The Bertz CT molecular complexity index is 795. The van der Waals surface area contributed by atoms with E-state index < -0.39 is 0 Å². The van der Waals surface area contributed by atoms with Gasteiger partial charge in [0, 0.05) is 17.8 Å². The molecule has 1 N–H and O–H groups in total. The van der Waals surface area contributed by atoms with E-state index in [1.807, 2.05) is 56.0 Å². The zero-order valence-corrected chi connectivity index (χ0v) is 15.1. The minimum atomic E-state index is -0.141. The second-order valence-corrected chi connectivity index (χ2v) is 6.74. The molecule has 132 valence electrons. The van der Waals surface area contributed by atoms with Gasteiger partial charge in [-0.1, -0.05) is 30.3 Å². The Morgan fingerprint density at radius 3 is 2.44 bits per heavy atom. The minimum absolute atomic E-state index is 0.0252. The van der Waals surface area contributed by atoms with Gasteiger partial charge in [0.15, 0.2) is 5.78 Å². The van der Waals surface area contributed by atoms with Crippen molar-refractivity contribution in [1.82, 2.24) is 9.88 Å². The highest BCUT2D eigenvalue weighted by Gasteiger charge is 2.32. The molecule has 25 heavy (non-hydrogen) atoms. The van der Waals surface area contributed by atoms with E-state index in [1.165, 1.54) is 6.92 Å². The molecule has 0 bridgehead atoms. The molecule has 0 radical (unpaired) electrons. The number of H-pyrrole nitrogens is 1. The quantitative estimate of drug-likeness (QED) is 0.871. The molecule has 1 aliphatic heterocycles. The average Bonchev–Trinajstić information content (AvgIpc) is 2.89. The lowest BCUT2D eigenvalue weighted by Crippen LogP contribution is -2.46. The molecule has 3 rings (SSSR count). The second-order valence-electron chi connectivity index (χ2n) is 6.74. The van der Waals surface area contributed by atoms with Gasteiger partial charge in [0.2, 0.25) is 0 Å². The second kappa shape index (κ2) is 6.84. The molecule has 0 saturated carbocycles. The van der Waals surface area contributed by atoms with Gasteiger partial charge < -0.3 is 14.6 Å². The fourth-order valence-electron chi connectivity index (χ4n) is 3.62. The van der Waals surface area contributed by atoms with Gasteiger partial charge in [-0.05, 0) is 38.8 Å². The van der Waals surface area contributed by atoms with Crippen molar-refractivity contribution in [2.75, 3.05) is 13.1 Å². The summed E-state index contributed by atoms with van der Waals surface area (Å²) in [5.41, 5.74) is 3.66. The summed E-state index contributed by atoms with van der Waals surface area (Å²) >= 11 is 0. The lowest BCUT2D eigenvalue weighted by Gasteiger charge is -2.37. The van der Waals surface area contributed by atoms with E-state index >= 15 is 0 Å². The Balaban J connectivity index is 1.87. The molecule has 0 aliphatic carbocycles. The van der Waals surface area contributed by atoms with Gasteiger partial charge in [-0.15, -0.1) is 0 Å². The number of ether oxygens (including phenoxy) is 1. The predicted octanol–water partition coefficient (Wildman–Crippen LogP) is 3.44. The summed E-state index contributed by atoms with van der Waals surface area (Å²) in [5, 5.41) is 0. The maximum Gasteiger partial charge on any atom is 0.270 e. The van der Waals surface area contributed by atoms with E-state index in [0.717, 1.165) is 16.8 Å². The normalized spacial score (nSPS) is 20.6. The monoisotopic (exact) mass is 340 g/mol. The van der Waals surface area contributed by atoms with Gasteiger partial charge in [0.1, 0.15) is 11.8 Å². The molecule has 1 aliphatic rings. The summed E-state index contributed by atoms with van der Waals surface area (Å²) in [6.07, 6.45) is -0.191. The third-order valence-electron chi connectivity index (χ3n) is 4.72. The highest BCUT2D eigenvalue weighted by atomic mass is 16.5. The van der Waals surface area contributed by atoms with Crippen molar-refractivity contribution in [2.24, 2.45) is 0 Å². The molecular weight excluding hydrogens is 316 g/mol. The molecule has 1 fully saturated rings. The van der Waals surface area contributed by atoms with Crippen molar-refractivity contribution in [2.45, 2.75) is 39.9 Å². The Morgan fingerprint density at radius 2 is 1.84 bits per heavy atom. The largest absolute Gasteiger partial charge is 0.367 e. The standard InChI is InChI=1S/C20H24N2O3/c1-12-10-22(11-17(25-12)16-8-6-5-7-9-16)20(24)19-13(2)18(15(4)23)14(3)21-19/h5-9,12,17,21H,10-11H2,1-4H3. The molecule has 2 aromatic rings. The average molecular weight is 340 g/mol. The molecular formula is C20H24N2O3. The molecule has 1 amide bonds. The molecule has 0 spiro atoms. The first kappa shape index (κ1) is 17.4. The van der Waals surface area contributed by atoms with Gasteiger partial charge >= 0.3 is 0 Å². The number of aromatic nitrogens is 1. The number of ketones is 1. The fraction of sp³-hybridized carbons (Fsp3) is 0.400. The van der Waals surface area contributed by atoms with Crippen LogP contribution in [0.5, 0.6) is 0 Å². The first-order valence-corrected chi connectivity index (χ1v) is 8.58. The van der Waals surface area contributed by atoms with Gasteiger partial charge in [0.25, 0.3) is 5.91 Å². The zero-order valence-electron chi connectivity index (χ0n) is 15.1. The Morgan fingerprint density at radius 1 is 1.16 bits per heavy atom. The fourth-order valence-corrected chi connectivity index (χ4v) is 3.62. The summed E-state index contributed by atoms with van der Waals surface area (Å²) in [7, 11) is 0. The van der Waals surface area contributed by atoms with Gasteiger partial charge in [-0.25, -0.2) is 0 Å². The van der Waals surface area contributed by atoms with E-state index in [2.05, 4.69) is 4.98 Å². The number of hydrogen-bond acceptors (Lipinski definition) is 3. The lowest BCUT2D eigenvalue weighted by molar-refractivity contribution is -0.0693. The van der Waals surface area contributed by atoms with Crippen LogP contribution in [0.3, 0.4) is 0 Å². The number of nitrogens with one attached hydrogen (secondary N) is 1. The van der Waals surface area contributed by atoms with Crippen LogP contribution in [-0.4, -0.2) is 40.8 Å². The van der Waals surface area contributed by atoms with Crippen LogP contribution < -0.4 is 0 Å². The number of nitrogens with zero attached hydrogens (tertiary/aromatic N) is 1. The number of morpholine rings is 1.